The van der Waals surface area contributed by atoms with E-state index in [0.29, 0.717) is 5.92 Å². The molecule has 0 spiro atoms. The maximum Gasteiger partial charge on any atom is 0.247 e. The number of aromatic nitrogens is 2. The van der Waals surface area contributed by atoms with Crippen molar-refractivity contribution in [2.75, 3.05) is 39.5 Å². The highest BCUT2D eigenvalue weighted by Gasteiger charge is 2.45. The molecule has 122 valence electrons. The van der Waals surface area contributed by atoms with E-state index in [9.17, 15) is 0 Å². The molecule has 0 unspecified atom stereocenters. The second-order valence-corrected chi connectivity index (χ2v) is 6.71. The average molecular weight is 307 g/mol. The lowest BCUT2D eigenvalue weighted by atomic mass is 9.79. The fraction of sp³-hybridized carbons (Fsp3) is 0.875. The number of morpholine rings is 1. The highest BCUT2D eigenvalue weighted by molar-refractivity contribution is 5.09. The summed E-state index contributed by atoms with van der Waals surface area (Å²) in [6.45, 7) is 5.07. The van der Waals surface area contributed by atoms with Gasteiger partial charge in [0, 0.05) is 25.6 Å². The first kappa shape index (κ1) is 14.6. The molecule has 3 heterocycles. The lowest BCUT2D eigenvalue weighted by molar-refractivity contribution is -0.0535. The van der Waals surface area contributed by atoms with Crippen LogP contribution in [0.2, 0.25) is 0 Å². The fourth-order valence-electron chi connectivity index (χ4n) is 4.12. The molecule has 22 heavy (non-hydrogen) atoms. The minimum Gasteiger partial charge on any atom is -0.381 e. The summed E-state index contributed by atoms with van der Waals surface area (Å²) < 4.78 is 16.8. The molecule has 2 saturated heterocycles. The number of ether oxygens (including phenoxy) is 2. The van der Waals surface area contributed by atoms with E-state index < -0.39 is 0 Å². The van der Waals surface area contributed by atoms with E-state index in [1.165, 1.54) is 19.3 Å². The Morgan fingerprint density at radius 1 is 1.00 bits per heavy atom. The van der Waals surface area contributed by atoms with E-state index >= 15 is 0 Å². The first-order valence-corrected chi connectivity index (χ1v) is 8.63. The van der Waals surface area contributed by atoms with Crippen molar-refractivity contribution in [3.05, 3.63) is 11.7 Å². The van der Waals surface area contributed by atoms with Gasteiger partial charge in [0.1, 0.15) is 5.54 Å². The zero-order chi connectivity index (χ0) is 14.8. The molecule has 0 N–H and O–H groups in total. The van der Waals surface area contributed by atoms with Crippen molar-refractivity contribution in [2.45, 2.75) is 50.0 Å². The standard InChI is InChI=1S/C16H25N3O3/c1-2-5-16(6-3-1,19-7-10-20-11-8-19)15-17-14(18-22-15)13-4-9-21-12-13/h13H,1-12H2/t13-/m0/s1. The van der Waals surface area contributed by atoms with E-state index in [4.69, 9.17) is 19.0 Å². The molecule has 1 aromatic heterocycles. The third kappa shape index (κ3) is 2.57. The molecular weight excluding hydrogens is 282 g/mol. The average Bonchev–Trinajstić information content (AvgIpc) is 3.28. The van der Waals surface area contributed by atoms with Crippen LogP contribution in [0.1, 0.15) is 56.2 Å². The van der Waals surface area contributed by atoms with Gasteiger partial charge in [-0.3, -0.25) is 4.90 Å². The molecule has 6 nitrogen and oxygen atoms in total. The maximum absolute atomic E-state index is 5.77. The molecule has 3 fully saturated rings. The molecule has 1 atom stereocenters. The molecular formula is C16H25N3O3. The summed E-state index contributed by atoms with van der Waals surface area (Å²) in [6, 6.07) is 0. The number of hydrogen-bond acceptors (Lipinski definition) is 6. The number of rotatable bonds is 3. The predicted molar refractivity (Wildman–Crippen MR) is 79.6 cm³/mol. The Labute approximate surface area is 131 Å². The van der Waals surface area contributed by atoms with Crippen LogP contribution in [0, 0.1) is 0 Å². The van der Waals surface area contributed by atoms with Gasteiger partial charge in [-0.2, -0.15) is 4.98 Å². The highest BCUT2D eigenvalue weighted by atomic mass is 16.5. The van der Waals surface area contributed by atoms with Gasteiger partial charge in [0.2, 0.25) is 5.89 Å². The topological polar surface area (TPSA) is 60.6 Å². The van der Waals surface area contributed by atoms with Gasteiger partial charge in [-0.05, 0) is 19.3 Å². The molecule has 0 aromatic carbocycles. The summed E-state index contributed by atoms with van der Waals surface area (Å²) in [5.74, 6) is 1.98. The van der Waals surface area contributed by atoms with E-state index in [1.807, 2.05) is 0 Å². The van der Waals surface area contributed by atoms with Gasteiger partial charge < -0.3 is 14.0 Å². The first-order valence-electron chi connectivity index (χ1n) is 8.63. The lowest BCUT2D eigenvalue weighted by Crippen LogP contribution is -2.52. The third-order valence-electron chi connectivity index (χ3n) is 5.43. The van der Waals surface area contributed by atoms with Gasteiger partial charge in [-0.25, -0.2) is 0 Å². The maximum atomic E-state index is 5.77. The summed E-state index contributed by atoms with van der Waals surface area (Å²) in [4.78, 5) is 7.35. The van der Waals surface area contributed by atoms with Crippen molar-refractivity contribution >= 4 is 0 Å². The summed E-state index contributed by atoms with van der Waals surface area (Å²) >= 11 is 0. The van der Waals surface area contributed by atoms with Crippen molar-refractivity contribution < 1.29 is 14.0 Å². The lowest BCUT2D eigenvalue weighted by Gasteiger charge is -2.45. The van der Waals surface area contributed by atoms with Crippen molar-refractivity contribution in [1.82, 2.24) is 15.0 Å². The number of hydrogen-bond donors (Lipinski definition) is 0. The van der Waals surface area contributed by atoms with E-state index in [-0.39, 0.29) is 5.54 Å². The molecule has 1 aromatic rings. The SMILES string of the molecule is C1CCC(c2nc([C@H]3CCOC3)no2)(N2CCOCC2)CC1. The van der Waals surface area contributed by atoms with Crippen LogP contribution in [0.25, 0.3) is 0 Å². The van der Waals surface area contributed by atoms with Gasteiger partial charge in [-0.1, -0.05) is 24.4 Å². The minimum atomic E-state index is -0.0628. The van der Waals surface area contributed by atoms with Gasteiger partial charge in [0.05, 0.1) is 19.8 Å². The predicted octanol–water partition coefficient (Wildman–Crippen LogP) is 2.07. The molecule has 6 heteroatoms. The van der Waals surface area contributed by atoms with Crippen LogP contribution in [0.5, 0.6) is 0 Å². The minimum absolute atomic E-state index is 0.0628. The van der Waals surface area contributed by atoms with Crippen LogP contribution < -0.4 is 0 Å². The van der Waals surface area contributed by atoms with Gasteiger partial charge in [-0.15, -0.1) is 0 Å². The molecule has 3 aliphatic rings. The molecule has 0 bridgehead atoms. The monoisotopic (exact) mass is 307 g/mol. The summed E-state index contributed by atoms with van der Waals surface area (Å²) in [7, 11) is 0. The number of nitrogens with zero attached hydrogens (tertiary/aromatic N) is 3. The first-order chi connectivity index (χ1) is 10.9. The zero-order valence-corrected chi connectivity index (χ0v) is 13.1. The second-order valence-electron chi connectivity index (χ2n) is 6.71. The van der Waals surface area contributed by atoms with Crippen molar-refractivity contribution in [2.24, 2.45) is 0 Å². The van der Waals surface area contributed by atoms with E-state index in [2.05, 4.69) is 10.1 Å². The van der Waals surface area contributed by atoms with Crippen molar-refractivity contribution in [3.63, 3.8) is 0 Å². The highest BCUT2D eigenvalue weighted by Crippen LogP contribution is 2.42. The third-order valence-corrected chi connectivity index (χ3v) is 5.43. The van der Waals surface area contributed by atoms with Crippen LogP contribution in [-0.4, -0.2) is 54.6 Å². The van der Waals surface area contributed by atoms with E-state index in [1.54, 1.807) is 0 Å². The zero-order valence-electron chi connectivity index (χ0n) is 13.1. The van der Waals surface area contributed by atoms with Crippen LogP contribution in [0.4, 0.5) is 0 Å². The second kappa shape index (κ2) is 6.26. The van der Waals surface area contributed by atoms with Gasteiger partial charge in [0.15, 0.2) is 5.82 Å². The largest absolute Gasteiger partial charge is 0.381 e. The summed E-state index contributed by atoms with van der Waals surface area (Å²) in [5, 5.41) is 4.29. The molecule has 4 rings (SSSR count). The summed E-state index contributed by atoms with van der Waals surface area (Å²) in [6.07, 6.45) is 7.03. The Hall–Kier alpha value is -0.980. The van der Waals surface area contributed by atoms with Crippen LogP contribution in [0.3, 0.4) is 0 Å². The molecule has 2 aliphatic heterocycles. The van der Waals surface area contributed by atoms with Crippen molar-refractivity contribution in [1.29, 1.82) is 0 Å². The van der Waals surface area contributed by atoms with Crippen LogP contribution in [0.15, 0.2) is 4.52 Å². The van der Waals surface area contributed by atoms with Crippen LogP contribution in [-0.2, 0) is 15.0 Å². The molecule has 1 saturated carbocycles. The Bertz CT molecular complexity index is 487. The molecule has 0 amide bonds. The quantitative estimate of drug-likeness (QED) is 0.852. The van der Waals surface area contributed by atoms with Crippen molar-refractivity contribution in [3.8, 4) is 0 Å². The Morgan fingerprint density at radius 2 is 1.82 bits per heavy atom. The van der Waals surface area contributed by atoms with E-state index in [0.717, 1.165) is 70.5 Å². The van der Waals surface area contributed by atoms with Crippen LogP contribution >= 0.6 is 0 Å². The Kier molecular flexibility index (Phi) is 4.15. The fourth-order valence-corrected chi connectivity index (χ4v) is 4.12. The molecule has 0 radical (unpaired) electrons. The Morgan fingerprint density at radius 3 is 2.55 bits per heavy atom. The van der Waals surface area contributed by atoms with Gasteiger partial charge >= 0.3 is 0 Å². The smallest absolute Gasteiger partial charge is 0.247 e. The Balaban J connectivity index is 1.62. The normalized spacial score (nSPS) is 29.7. The summed E-state index contributed by atoms with van der Waals surface area (Å²) in [5.41, 5.74) is -0.0628. The molecule has 1 aliphatic carbocycles. The van der Waals surface area contributed by atoms with Gasteiger partial charge in [0.25, 0.3) is 0 Å².